The molecule has 1 aromatic carbocycles. The Morgan fingerprint density at radius 1 is 1.22 bits per heavy atom. The van der Waals surface area contributed by atoms with Gasteiger partial charge in [-0.25, -0.2) is 4.39 Å². The highest BCUT2D eigenvalue weighted by molar-refractivity contribution is 5.95. The van der Waals surface area contributed by atoms with E-state index in [1.165, 1.54) is 17.0 Å². The van der Waals surface area contributed by atoms with Gasteiger partial charge in [-0.15, -0.1) is 0 Å². The van der Waals surface area contributed by atoms with Gasteiger partial charge in [0.15, 0.2) is 0 Å². The van der Waals surface area contributed by atoms with Crippen LogP contribution in [0.5, 0.6) is 0 Å². The zero-order valence-corrected chi connectivity index (χ0v) is 19.0. The lowest BCUT2D eigenvalue weighted by Crippen LogP contribution is -2.54. The highest BCUT2D eigenvalue weighted by Crippen LogP contribution is 2.33. The van der Waals surface area contributed by atoms with Crippen LogP contribution < -0.4 is 5.32 Å². The molecule has 3 atom stereocenters. The molecule has 0 aromatic heterocycles. The third-order valence-electron chi connectivity index (χ3n) is 5.99. The number of esters is 1. The van der Waals surface area contributed by atoms with E-state index in [1.807, 2.05) is 6.92 Å². The van der Waals surface area contributed by atoms with Crippen molar-refractivity contribution in [3.05, 3.63) is 29.6 Å². The van der Waals surface area contributed by atoms with E-state index in [1.54, 1.807) is 13.8 Å². The van der Waals surface area contributed by atoms with Crippen LogP contribution in [0.1, 0.15) is 46.1 Å². The molecule has 0 aliphatic carbocycles. The molecule has 1 N–H and O–H groups in total. The summed E-state index contributed by atoms with van der Waals surface area (Å²) in [5, 5.41) is 2.37. The maximum atomic E-state index is 14.4. The second-order valence-corrected chi connectivity index (χ2v) is 8.65. The molecule has 0 spiro atoms. The Morgan fingerprint density at radius 3 is 2.41 bits per heavy atom. The Balaban J connectivity index is 2.22. The zero-order chi connectivity index (χ0) is 24.1. The van der Waals surface area contributed by atoms with Crippen molar-refractivity contribution in [2.45, 2.75) is 59.2 Å². The standard InChI is InChI=1S/C23H32F4N2O3/c1-5-32-22(31)15(3)12-17-6-7-18(24)19(13-17)28-21(30)20(16(4)23(25,26)27)29-10-8-14(2)9-11-29/h6-7,13-16,20H,5,8-12H2,1-4H3,(H,28,30). The number of nitrogens with one attached hydrogen (secondary N) is 1. The lowest BCUT2D eigenvalue weighted by atomic mass is 9.92. The van der Waals surface area contributed by atoms with Crippen LogP contribution in [0.4, 0.5) is 23.2 Å². The minimum absolute atomic E-state index is 0.201. The summed E-state index contributed by atoms with van der Waals surface area (Å²) >= 11 is 0. The first-order chi connectivity index (χ1) is 14.9. The van der Waals surface area contributed by atoms with Crippen molar-refractivity contribution in [1.29, 1.82) is 0 Å². The number of hydrogen-bond donors (Lipinski definition) is 1. The normalized spacial score (nSPS) is 18.6. The maximum absolute atomic E-state index is 14.4. The van der Waals surface area contributed by atoms with Gasteiger partial charge in [-0.1, -0.05) is 26.8 Å². The Kier molecular flexibility index (Phi) is 9.07. The number of piperidine rings is 1. The Morgan fingerprint density at radius 2 is 1.84 bits per heavy atom. The minimum atomic E-state index is -4.57. The van der Waals surface area contributed by atoms with Gasteiger partial charge in [-0.05, 0) is 62.9 Å². The molecule has 9 heteroatoms. The number of halogens is 4. The van der Waals surface area contributed by atoms with Crippen LogP contribution in [-0.4, -0.2) is 48.7 Å². The molecule has 1 fully saturated rings. The Labute approximate surface area is 186 Å². The fourth-order valence-electron chi connectivity index (χ4n) is 3.92. The number of carbonyl (C=O) groups is 2. The molecule has 1 aliphatic rings. The molecule has 1 saturated heterocycles. The van der Waals surface area contributed by atoms with Crippen LogP contribution in [0.15, 0.2) is 18.2 Å². The molecule has 1 aliphatic heterocycles. The van der Waals surface area contributed by atoms with Crippen molar-refractivity contribution in [2.24, 2.45) is 17.8 Å². The van der Waals surface area contributed by atoms with Gasteiger partial charge in [-0.3, -0.25) is 14.5 Å². The predicted molar refractivity (Wildman–Crippen MR) is 114 cm³/mol. The quantitative estimate of drug-likeness (QED) is 0.447. The summed E-state index contributed by atoms with van der Waals surface area (Å²) in [4.78, 5) is 26.4. The second-order valence-electron chi connectivity index (χ2n) is 8.65. The Bertz CT molecular complexity index is 792. The molecular formula is C23H32F4N2O3. The van der Waals surface area contributed by atoms with Gasteiger partial charge in [0, 0.05) is 0 Å². The highest BCUT2D eigenvalue weighted by Gasteiger charge is 2.47. The number of likely N-dealkylation sites (tertiary alicyclic amines) is 1. The summed E-state index contributed by atoms with van der Waals surface area (Å²) in [6.07, 6.45) is -2.93. The maximum Gasteiger partial charge on any atom is 0.393 e. The topological polar surface area (TPSA) is 58.6 Å². The van der Waals surface area contributed by atoms with Crippen LogP contribution in [0, 0.1) is 23.6 Å². The van der Waals surface area contributed by atoms with Gasteiger partial charge in [0.25, 0.3) is 0 Å². The van der Waals surface area contributed by atoms with Crippen molar-refractivity contribution in [3.8, 4) is 0 Å². The van der Waals surface area contributed by atoms with E-state index in [0.29, 0.717) is 37.4 Å². The number of ether oxygens (including phenoxy) is 1. The number of rotatable bonds is 8. The van der Waals surface area contributed by atoms with Crippen LogP contribution in [0.2, 0.25) is 0 Å². The summed E-state index contributed by atoms with van der Waals surface area (Å²) in [6, 6.07) is 2.51. The Hall–Kier alpha value is -2.16. The van der Waals surface area contributed by atoms with Crippen molar-refractivity contribution < 1.29 is 31.9 Å². The molecule has 32 heavy (non-hydrogen) atoms. The molecule has 1 amide bonds. The summed E-state index contributed by atoms with van der Waals surface area (Å²) < 4.78 is 60.0. The number of nitrogens with zero attached hydrogens (tertiary/aromatic N) is 1. The average molecular weight is 461 g/mol. The molecule has 0 saturated carbocycles. The fourth-order valence-corrected chi connectivity index (χ4v) is 3.92. The molecule has 1 aromatic rings. The number of benzene rings is 1. The molecule has 0 radical (unpaired) electrons. The number of anilines is 1. The molecule has 1 heterocycles. The van der Waals surface area contributed by atoms with Gasteiger partial charge < -0.3 is 10.1 Å². The molecule has 3 unspecified atom stereocenters. The van der Waals surface area contributed by atoms with E-state index < -0.39 is 41.7 Å². The average Bonchev–Trinajstić information content (AvgIpc) is 2.71. The van der Waals surface area contributed by atoms with Gasteiger partial charge in [0.2, 0.25) is 5.91 Å². The van der Waals surface area contributed by atoms with Gasteiger partial charge in [-0.2, -0.15) is 13.2 Å². The second kappa shape index (κ2) is 11.1. The first-order valence-electron chi connectivity index (χ1n) is 11.0. The first kappa shape index (κ1) is 26.1. The van der Waals surface area contributed by atoms with Crippen molar-refractivity contribution in [1.82, 2.24) is 4.90 Å². The molecule has 180 valence electrons. The lowest BCUT2D eigenvalue weighted by Gasteiger charge is -2.39. The van der Waals surface area contributed by atoms with Crippen molar-refractivity contribution in [2.75, 3.05) is 25.0 Å². The van der Waals surface area contributed by atoms with Gasteiger partial charge in [0.1, 0.15) is 11.9 Å². The minimum Gasteiger partial charge on any atom is -0.466 e. The van der Waals surface area contributed by atoms with E-state index in [-0.39, 0.29) is 18.7 Å². The van der Waals surface area contributed by atoms with Gasteiger partial charge >= 0.3 is 12.1 Å². The number of alkyl halides is 3. The fraction of sp³-hybridized carbons (Fsp3) is 0.652. The molecule has 0 bridgehead atoms. The number of amides is 1. The van der Waals surface area contributed by atoms with Crippen molar-refractivity contribution in [3.63, 3.8) is 0 Å². The van der Waals surface area contributed by atoms with E-state index in [0.717, 1.165) is 13.0 Å². The van der Waals surface area contributed by atoms with Crippen LogP contribution >= 0.6 is 0 Å². The summed E-state index contributed by atoms with van der Waals surface area (Å²) in [7, 11) is 0. The summed E-state index contributed by atoms with van der Waals surface area (Å²) in [6.45, 7) is 7.35. The van der Waals surface area contributed by atoms with Crippen LogP contribution in [0.25, 0.3) is 0 Å². The lowest BCUT2D eigenvalue weighted by molar-refractivity contribution is -0.189. The van der Waals surface area contributed by atoms with Crippen LogP contribution in [-0.2, 0) is 20.7 Å². The smallest absolute Gasteiger partial charge is 0.393 e. The molecular weight excluding hydrogens is 428 g/mol. The molecule has 5 nitrogen and oxygen atoms in total. The third kappa shape index (κ3) is 6.92. The number of hydrogen-bond acceptors (Lipinski definition) is 4. The first-order valence-corrected chi connectivity index (χ1v) is 11.0. The SMILES string of the molecule is CCOC(=O)C(C)Cc1ccc(F)c(NC(=O)C(C(C)C(F)(F)F)N2CCC(C)CC2)c1. The van der Waals surface area contributed by atoms with E-state index in [9.17, 15) is 27.2 Å². The number of carbonyl (C=O) groups excluding carboxylic acids is 2. The molecule has 2 rings (SSSR count). The largest absolute Gasteiger partial charge is 0.466 e. The summed E-state index contributed by atoms with van der Waals surface area (Å²) in [5.74, 6) is -4.06. The monoisotopic (exact) mass is 460 g/mol. The van der Waals surface area contributed by atoms with Crippen molar-refractivity contribution >= 4 is 17.6 Å². The van der Waals surface area contributed by atoms with E-state index in [2.05, 4.69) is 5.32 Å². The summed E-state index contributed by atoms with van der Waals surface area (Å²) in [5.41, 5.74) is 0.364. The predicted octanol–water partition coefficient (Wildman–Crippen LogP) is 4.80. The van der Waals surface area contributed by atoms with E-state index in [4.69, 9.17) is 4.74 Å². The van der Waals surface area contributed by atoms with Crippen LogP contribution in [0.3, 0.4) is 0 Å². The highest BCUT2D eigenvalue weighted by atomic mass is 19.4. The van der Waals surface area contributed by atoms with E-state index >= 15 is 0 Å². The van der Waals surface area contributed by atoms with Gasteiger partial charge in [0.05, 0.1) is 24.1 Å². The zero-order valence-electron chi connectivity index (χ0n) is 19.0. The third-order valence-corrected chi connectivity index (χ3v) is 5.99.